The molecule has 2 nitrogen and oxygen atoms in total. The summed E-state index contributed by atoms with van der Waals surface area (Å²) in [5.74, 6) is -0.510. The molecule has 2 aromatic rings. The van der Waals surface area contributed by atoms with Gasteiger partial charge in [0, 0.05) is 17.1 Å². The summed E-state index contributed by atoms with van der Waals surface area (Å²) < 4.78 is 13.0. The topological polar surface area (TPSA) is 32.9 Å². The van der Waals surface area contributed by atoms with Gasteiger partial charge in [0.05, 0.1) is 5.52 Å². The fourth-order valence-corrected chi connectivity index (χ4v) is 1.41. The lowest BCUT2D eigenvalue weighted by molar-refractivity contribution is 0.101. The molecule has 1 heterocycles. The molecule has 13 heavy (non-hydrogen) atoms. The Morgan fingerprint density at radius 1 is 1.46 bits per heavy atom. The third kappa shape index (κ3) is 1.22. The van der Waals surface area contributed by atoms with Gasteiger partial charge in [0.2, 0.25) is 0 Å². The lowest BCUT2D eigenvalue weighted by Gasteiger charge is -1.98. The molecule has 0 unspecified atom stereocenters. The number of halogens is 1. The summed E-state index contributed by atoms with van der Waals surface area (Å²) in [4.78, 5) is 14.0. The minimum Gasteiger partial charge on any atom is -0.361 e. The Bertz CT molecular complexity index is 473. The molecular weight excluding hydrogens is 169 g/mol. The van der Waals surface area contributed by atoms with E-state index in [1.165, 1.54) is 19.1 Å². The predicted molar refractivity (Wildman–Crippen MR) is 48.3 cm³/mol. The van der Waals surface area contributed by atoms with E-state index in [0.717, 1.165) is 5.39 Å². The van der Waals surface area contributed by atoms with Crippen molar-refractivity contribution in [2.75, 3.05) is 0 Å². The third-order valence-corrected chi connectivity index (χ3v) is 2.00. The Labute approximate surface area is 74.4 Å². The molecule has 0 aliphatic rings. The average molecular weight is 177 g/mol. The van der Waals surface area contributed by atoms with Gasteiger partial charge in [0.1, 0.15) is 5.82 Å². The van der Waals surface area contributed by atoms with E-state index in [9.17, 15) is 9.18 Å². The average Bonchev–Trinajstić information content (AvgIpc) is 2.49. The number of carbonyl (C=O) groups excluding carboxylic acids is 1. The van der Waals surface area contributed by atoms with Crippen molar-refractivity contribution in [2.24, 2.45) is 0 Å². The standard InChI is InChI=1S/C10H8FNO/c1-6(13)9-5-8(11)4-7-2-3-12-10(7)9/h2-5,12H,1H3. The smallest absolute Gasteiger partial charge is 0.162 e. The number of carbonyl (C=O) groups is 1. The second-order valence-corrected chi connectivity index (χ2v) is 2.95. The van der Waals surface area contributed by atoms with E-state index in [1.54, 1.807) is 12.3 Å². The predicted octanol–water partition coefficient (Wildman–Crippen LogP) is 2.51. The number of nitrogens with one attached hydrogen (secondary N) is 1. The number of fused-ring (bicyclic) bond motifs is 1. The summed E-state index contributed by atoms with van der Waals surface area (Å²) in [5.41, 5.74) is 1.11. The van der Waals surface area contributed by atoms with E-state index >= 15 is 0 Å². The molecule has 1 aromatic heterocycles. The van der Waals surface area contributed by atoms with E-state index in [-0.39, 0.29) is 11.6 Å². The van der Waals surface area contributed by atoms with Crippen LogP contribution in [0.4, 0.5) is 4.39 Å². The van der Waals surface area contributed by atoms with Gasteiger partial charge >= 0.3 is 0 Å². The van der Waals surface area contributed by atoms with Crippen LogP contribution in [0.2, 0.25) is 0 Å². The maximum Gasteiger partial charge on any atom is 0.162 e. The fraction of sp³-hybridized carbons (Fsp3) is 0.100. The van der Waals surface area contributed by atoms with Crippen molar-refractivity contribution in [3.8, 4) is 0 Å². The van der Waals surface area contributed by atoms with Crippen LogP contribution in [0.15, 0.2) is 24.4 Å². The Morgan fingerprint density at radius 2 is 2.23 bits per heavy atom. The first kappa shape index (κ1) is 7.98. The summed E-state index contributed by atoms with van der Waals surface area (Å²) in [5, 5.41) is 0.727. The van der Waals surface area contributed by atoms with Crippen molar-refractivity contribution in [1.29, 1.82) is 0 Å². The van der Waals surface area contributed by atoms with Crippen LogP contribution in [0.1, 0.15) is 17.3 Å². The molecule has 0 fully saturated rings. The molecule has 0 saturated carbocycles. The molecule has 1 N–H and O–H groups in total. The monoisotopic (exact) mass is 177 g/mol. The summed E-state index contributed by atoms with van der Waals surface area (Å²) in [6.45, 7) is 1.43. The van der Waals surface area contributed by atoms with Crippen LogP contribution in [-0.4, -0.2) is 10.8 Å². The lowest BCUT2D eigenvalue weighted by Crippen LogP contribution is -1.94. The molecular formula is C10H8FNO. The van der Waals surface area contributed by atoms with E-state index in [1.807, 2.05) is 0 Å². The molecule has 0 atom stereocenters. The van der Waals surface area contributed by atoms with Gasteiger partial charge in [-0.2, -0.15) is 0 Å². The lowest BCUT2D eigenvalue weighted by atomic mass is 10.1. The first-order chi connectivity index (χ1) is 6.18. The van der Waals surface area contributed by atoms with E-state index in [4.69, 9.17) is 0 Å². The van der Waals surface area contributed by atoms with Gasteiger partial charge in [-0.1, -0.05) is 0 Å². The van der Waals surface area contributed by atoms with Gasteiger partial charge in [-0.25, -0.2) is 4.39 Å². The highest BCUT2D eigenvalue weighted by molar-refractivity contribution is 6.05. The van der Waals surface area contributed by atoms with Crippen LogP contribution >= 0.6 is 0 Å². The molecule has 3 heteroatoms. The quantitative estimate of drug-likeness (QED) is 0.667. The number of hydrogen-bond donors (Lipinski definition) is 1. The molecule has 0 aliphatic carbocycles. The largest absolute Gasteiger partial charge is 0.361 e. The Morgan fingerprint density at radius 3 is 2.92 bits per heavy atom. The van der Waals surface area contributed by atoms with Crippen molar-refractivity contribution in [1.82, 2.24) is 4.98 Å². The number of benzene rings is 1. The number of aromatic amines is 1. The highest BCUT2D eigenvalue weighted by Gasteiger charge is 2.08. The summed E-state index contributed by atoms with van der Waals surface area (Å²) in [7, 11) is 0. The number of aromatic nitrogens is 1. The molecule has 0 bridgehead atoms. The van der Waals surface area contributed by atoms with Crippen LogP contribution in [-0.2, 0) is 0 Å². The highest BCUT2D eigenvalue weighted by Crippen LogP contribution is 2.19. The number of hydrogen-bond acceptors (Lipinski definition) is 1. The number of rotatable bonds is 1. The molecule has 2 rings (SSSR count). The second-order valence-electron chi connectivity index (χ2n) is 2.95. The Kier molecular flexibility index (Phi) is 1.65. The van der Waals surface area contributed by atoms with Crippen molar-refractivity contribution in [3.05, 3.63) is 35.8 Å². The minimum atomic E-state index is -0.377. The van der Waals surface area contributed by atoms with Gasteiger partial charge < -0.3 is 4.98 Å². The highest BCUT2D eigenvalue weighted by atomic mass is 19.1. The SMILES string of the molecule is CC(=O)c1cc(F)cc2cc[nH]c12. The Hall–Kier alpha value is -1.64. The zero-order valence-electron chi connectivity index (χ0n) is 7.10. The number of ketones is 1. The van der Waals surface area contributed by atoms with Crippen molar-refractivity contribution in [2.45, 2.75) is 6.92 Å². The fourth-order valence-electron chi connectivity index (χ4n) is 1.41. The van der Waals surface area contributed by atoms with Crippen molar-refractivity contribution >= 4 is 16.7 Å². The van der Waals surface area contributed by atoms with E-state index in [0.29, 0.717) is 11.1 Å². The summed E-state index contributed by atoms with van der Waals surface area (Å²) in [6, 6.07) is 4.39. The zero-order valence-corrected chi connectivity index (χ0v) is 7.10. The number of Topliss-reactive ketones (excluding diaryl/α,β-unsaturated/α-hetero) is 1. The summed E-state index contributed by atoms with van der Waals surface area (Å²) in [6.07, 6.45) is 1.69. The van der Waals surface area contributed by atoms with Crippen LogP contribution in [0, 0.1) is 5.82 Å². The van der Waals surface area contributed by atoms with E-state index < -0.39 is 0 Å². The zero-order chi connectivity index (χ0) is 9.42. The normalized spacial score (nSPS) is 10.6. The molecule has 0 radical (unpaired) electrons. The molecule has 66 valence electrons. The van der Waals surface area contributed by atoms with Crippen LogP contribution < -0.4 is 0 Å². The third-order valence-electron chi connectivity index (χ3n) is 2.00. The minimum absolute atomic E-state index is 0.132. The summed E-state index contributed by atoms with van der Waals surface area (Å²) >= 11 is 0. The van der Waals surface area contributed by atoms with Gasteiger partial charge in [-0.15, -0.1) is 0 Å². The van der Waals surface area contributed by atoms with Crippen LogP contribution in [0.3, 0.4) is 0 Å². The molecule has 1 aromatic carbocycles. The molecule has 0 spiro atoms. The second kappa shape index (κ2) is 2.69. The van der Waals surface area contributed by atoms with Crippen LogP contribution in [0.25, 0.3) is 10.9 Å². The molecule has 0 aliphatic heterocycles. The van der Waals surface area contributed by atoms with Gasteiger partial charge in [0.15, 0.2) is 5.78 Å². The first-order valence-electron chi connectivity index (χ1n) is 3.96. The first-order valence-corrected chi connectivity index (χ1v) is 3.96. The van der Waals surface area contributed by atoms with Gasteiger partial charge in [-0.05, 0) is 25.1 Å². The molecule has 0 saturated heterocycles. The van der Waals surface area contributed by atoms with Crippen molar-refractivity contribution in [3.63, 3.8) is 0 Å². The molecule has 0 amide bonds. The van der Waals surface area contributed by atoms with Crippen LogP contribution in [0.5, 0.6) is 0 Å². The van der Waals surface area contributed by atoms with Crippen molar-refractivity contribution < 1.29 is 9.18 Å². The maximum absolute atomic E-state index is 13.0. The number of H-pyrrole nitrogens is 1. The van der Waals surface area contributed by atoms with E-state index in [2.05, 4.69) is 4.98 Å². The van der Waals surface area contributed by atoms with Gasteiger partial charge in [0.25, 0.3) is 0 Å². The maximum atomic E-state index is 13.0. The van der Waals surface area contributed by atoms with Gasteiger partial charge in [-0.3, -0.25) is 4.79 Å². The Balaban J connectivity index is 2.84.